The highest BCUT2D eigenvalue weighted by Gasteiger charge is 2.28. The lowest BCUT2D eigenvalue weighted by molar-refractivity contribution is -0.121. The van der Waals surface area contributed by atoms with Gasteiger partial charge in [0, 0.05) is 0 Å². The fourth-order valence-corrected chi connectivity index (χ4v) is 4.44. The molecule has 3 aromatic carbocycles. The number of para-hydroxylation sites is 1. The molecule has 0 bridgehead atoms. The zero-order valence-corrected chi connectivity index (χ0v) is 20.0. The number of anilines is 1. The van der Waals surface area contributed by atoms with Crippen LogP contribution in [0.4, 0.5) is 5.69 Å². The van der Waals surface area contributed by atoms with E-state index in [1.54, 1.807) is 55.6 Å². The van der Waals surface area contributed by atoms with E-state index in [1.807, 2.05) is 30.3 Å². The van der Waals surface area contributed by atoms with Gasteiger partial charge in [0.2, 0.25) is 10.0 Å². The molecule has 0 spiro atoms. The highest BCUT2D eigenvalue weighted by Crippen LogP contribution is 2.28. The van der Waals surface area contributed by atoms with Crippen molar-refractivity contribution in [1.29, 1.82) is 0 Å². The number of carbonyl (C=O) groups excluding carboxylic acids is 1. The van der Waals surface area contributed by atoms with Crippen molar-refractivity contribution in [2.45, 2.75) is 19.6 Å². The molecule has 0 aliphatic heterocycles. The van der Waals surface area contributed by atoms with E-state index in [4.69, 9.17) is 9.47 Å². The summed E-state index contributed by atoms with van der Waals surface area (Å²) in [5, 5.41) is 3.98. The Balaban J connectivity index is 1.66. The molecule has 9 heteroatoms. The van der Waals surface area contributed by atoms with Crippen molar-refractivity contribution >= 4 is 27.8 Å². The summed E-state index contributed by atoms with van der Waals surface area (Å²) in [5.74, 6) is 0.528. The van der Waals surface area contributed by atoms with E-state index in [9.17, 15) is 13.2 Å². The summed E-state index contributed by atoms with van der Waals surface area (Å²) >= 11 is 0. The zero-order valence-electron chi connectivity index (χ0n) is 19.2. The Bertz CT molecular complexity index is 1230. The van der Waals surface area contributed by atoms with Crippen LogP contribution in [0.1, 0.15) is 18.1 Å². The first kappa shape index (κ1) is 24.8. The highest BCUT2D eigenvalue weighted by atomic mass is 32.2. The summed E-state index contributed by atoms with van der Waals surface area (Å²) in [5.41, 5.74) is 4.50. The van der Waals surface area contributed by atoms with Crippen molar-refractivity contribution < 1.29 is 22.7 Å². The molecule has 0 fully saturated rings. The number of hydrazone groups is 1. The van der Waals surface area contributed by atoms with Crippen LogP contribution >= 0.6 is 0 Å². The largest absolute Gasteiger partial charge is 0.493 e. The molecule has 178 valence electrons. The number of hydrogen-bond acceptors (Lipinski definition) is 6. The van der Waals surface area contributed by atoms with Crippen LogP contribution in [-0.2, 0) is 21.4 Å². The molecule has 1 N–H and O–H groups in total. The number of nitrogens with one attached hydrogen (secondary N) is 1. The van der Waals surface area contributed by atoms with E-state index in [1.165, 1.54) is 13.1 Å². The Morgan fingerprint density at radius 2 is 1.68 bits per heavy atom. The predicted molar refractivity (Wildman–Crippen MR) is 133 cm³/mol. The number of amides is 1. The maximum Gasteiger partial charge on any atom is 0.263 e. The summed E-state index contributed by atoms with van der Waals surface area (Å²) in [7, 11) is -2.15. The predicted octanol–water partition coefficient (Wildman–Crippen LogP) is 3.58. The molecule has 3 rings (SSSR count). The number of ether oxygens (including phenoxy) is 2. The topological polar surface area (TPSA) is 97.3 Å². The first-order valence-electron chi connectivity index (χ1n) is 10.5. The van der Waals surface area contributed by atoms with Gasteiger partial charge in [-0.2, -0.15) is 5.10 Å². The molecule has 1 amide bonds. The summed E-state index contributed by atoms with van der Waals surface area (Å²) in [6.07, 6.45) is 2.50. The van der Waals surface area contributed by atoms with Gasteiger partial charge in [-0.05, 0) is 48.4 Å². The van der Waals surface area contributed by atoms with Gasteiger partial charge in [-0.1, -0.05) is 48.5 Å². The van der Waals surface area contributed by atoms with Crippen LogP contribution in [0.15, 0.2) is 84.0 Å². The molecule has 0 aliphatic carbocycles. The lowest BCUT2D eigenvalue weighted by atomic mass is 10.2. The third kappa shape index (κ3) is 6.58. The van der Waals surface area contributed by atoms with Crippen molar-refractivity contribution in [2.75, 3.05) is 17.7 Å². The quantitative estimate of drug-likeness (QED) is 0.353. The fraction of sp³-hybridized carbons (Fsp3) is 0.200. The average Bonchev–Trinajstić information content (AvgIpc) is 2.83. The minimum atomic E-state index is -3.69. The summed E-state index contributed by atoms with van der Waals surface area (Å²) in [4.78, 5) is 12.6. The Kier molecular flexibility index (Phi) is 8.26. The Morgan fingerprint density at radius 1 is 1.03 bits per heavy atom. The molecule has 0 saturated carbocycles. The number of benzene rings is 3. The first-order chi connectivity index (χ1) is 16.3. The summed E-state index contributed by atoms with van der Waals surface area (Å²) < 4.78 is 36.9. The Labute approximate surface area is 199 Å². The smallest absolute Gasteiger partial charge is 0.263 e. The van der Waals surface area contributed by atoms with Crippen molar-refractivity contribution in [3.8, 4) is 11.5 Å². The zero-order chi connectivity index (χ0) is 24.6. The van der Waals surface area contributed by atoms with Crippen LogP contribution in [0.5, 0.6) is 11.5 Å². The maximum absolute atomic E-state index is 12.6. The number of methoxy groups -OCH3 is 1. The van der Waals surface area contributed by atoms with Crippen LogP contribution in [0, 0.1) is 0 Å². The highest BCUT2D eigenvalue weighted by molar-refractivity contribution is 7.92. The second kappa shape index (κ2) is 11.3. The van der Waals surface area contributed by atoms with Crippen LogP contribution in [0.3, 0.4) is 0 Å². The van der Waals surface area contributed by atoms with Crippen LogP contribution in [0.25, 0.3) is 0 Å². The maximum atomic E-state index is 12.6. The van der Waals surface area contributed by atoms with Gasteiger partial charge in [-0.15, -0.1) is 0 Å². The Morgan fingerprint density at radius 3 is 2.29 bits per heavy atom. The van der Waals surface area contributed by atoms with Gasteiger partial charge in [0.25, 0.3) is 5.91 Å². The number of hydrogen-bond donors (Lipinski definition) is 1. The molecule has 8 nitrogen and oxygen atoms in total. The fourth-order valence-electron chi connectivity index (χ4n) is 3.27. The third-order valence-electron chi connectivity index (χ3n) is 4.91. The number of rotatable bonds is 10. The van der Waals surface area contributed by atoms with Gasteiger partial charge in [0.05, 0.1) is 25.3 Å². The van der Waals surface area contributed by atoms with Crippen molar-refractivity contribution in [2.24, 2.45) is 5.10 Å². The molecular weight excluding hydrogens is 454 g/mol. The molecule has 3 aromatic rings. The molecule has 1 atom stereocenters. The number of sulfonamides is 1. The minimum absolute atomic E-state index is 0.396. The van der Waals surface area contributed by atoms with Crippen LogP contribution < -0.4 is 19.2 Å². The van der Waals surface area contributed by atoms with Crippen molar-refractivity contribution in [3.63, 3.8) is 0 Å². The van der Waals surface area contributed by atoms with Gasteiger partial charge in [-0.25, -0.2) is 13.8 Å². The SMILES string of the molecule is COc1cc(/C=N\NC(=O)[C@H](C)N(c2ccccc2)S(C)(=O)=O)ccc1OCc1ccccc1. The molecule has 0 radical (unpaired) electrons. The monoisotopic (exact) mass is 481 g/mol. The van der Waals surface area contributed by atoms with E-state index in [2.05, 4.69) is 10.5 Å². The Hall–Kier alpha value is -3.85. The van der Waals surface area contributed by atoms with Gasteiger partial charge < -0.3 is 9.47 Å². The van der Waals surface area contributed by atoms with Crippen molar-refractivity contribution in [3.05, 3.63) is 90.0 Å². The number of carbonyl (C=O) groups is 1. The molecule has 0 unspecified atom stereocenters. The lowest BCUT2D eigenvalue weighted by Crippen LogP contribution is -2.46. The van der Waals surface area contributed by atoms with E-state index < -0.39 is 22.0 Å². The molecule has 0 saturated heterocycles. The lowest BCUT2D eigenvalue weighted by Gasteiger charge is -2.27. The number of nitrogens with zero attached hydrogens (tertiary/aromatic N) is 2. The standard InChI is InChI=1S/C25H27N3O5S/c1-19(28(34(3,30)31)22-12-8-5-9-13-22)25(29)27-26-17-21-14-15-23(24(16-21)32-2)33-18-20-10-6-4-7-11-20/h4-17,19H,18H2,1-3H3,(H,27,29)/b26-17-/t19-/m0/s1. The molecule has 34 heavy (non-hydrogen) atoms. The summed E-state index contributed by atoms with van der Waals surface area (Å²) in [6, 6.07) is 22.5. The molecule has 0 aliphatic rings. The van der Waals surface area contributed by atoms with Gasteiger partial charge in [0.1, 0.15) is 12.6 Å². The second-order valence-corrected chi connectivity index (χ2v) is 9.35. The second-order valence-electron chi connectivity index (χ2n) is 7.49. The van der Waals surface area contributed by atoms with Gasteiger partial charge in [-0.3, -0.25) is 9.10 Å². The van der Waals surface area contributed by atoms with E-state index in [0.717, 1.165) is 16.1 Å². The normalized spacial score (nSPS) is 12.2. The van der Waals surface area contributed by atoms with E-state index >= 15 is 0 Å². The van der Waals surface area contributed by atoms with E-state index in [-0.39, 0.29) is 0 Å². The van der Waals surface area contributed by atoms with Gasteiger partial charge >= 0.3 is 0 Å². The first-order valence-corrected chi connectivity index (χ1v) is 12.4. The van der Waals surface area contributed by atoms with E-state index in [0.29, 0.717) is 29.4 Å². The molecular formula is C25H27N3O5S. The van der Waals surface area contributed by atoms with Crippen LogP contribution in [0.2, 0.25) is 0 Å². The van der Waals surface area contributed by atoms with Gasteiger partial charge in [0.15, 0.2) is 11.5 Å². The average molecular weight is 482 g/mol. The van der Waals surface area contributed by atoms with Crippen LogP contribution in [-0.4, -0.2) is 39.9 Å². The minimum Gasteiger partial charge on any atom is -0.493 e. The molecule has 0 heterocycles. The van der Waals surface area contributed by atoms with Crippen molar-refractivity contribution in [1.82, 2.24) is 5.43 Å². The summed E-state index contributed by atoms with van der Waals surface area (Å²) in [6.45, 7) is 1.90. The molecule has 0 aromatic heterocycles. The third-order valence-corrected chi connectivity index (χ3v) is 6.15.